The normalized spacial score (nSPS) is 20.3. The lowest BCUT2D eigenvalue weighted by Crippen LogP contribution is -2.24. The average molecular weight is 202 g/mol. The summed E-state index contributed by atoms with van der Waals surface area (Å²) in [6, 6.07) is 10.1. The van der Waals surface area contributed by atoms with Crippen molar-refractivity contribution >= 4 is 11.6 Å². The second-order valence-corrected chi connectivity index (χ2v) is 3.83. The minimum atomic E-state index is 0.000651. The van der Waals surface area contributed by atoms with Crippen LogP contribution in [0.3, 0.4) is 0 Å². The standard InChI is InChI=1S/C12H14N2O/c1-9-8-12(14(13-9)10(2)15)11-6-4-3-5-7-11/h3-7,12H,8H2,1-2H3/t12-/m0/s1. The smallest absolute Gasteiger partial charge is 0.240 e. The van der Waals surface area contributed by atoms with Crippen molar-refractivity contribution in [3.05, 3.63) is 35.9 Å². The Labute approximate surface area is 89.4 Å². The summed E-state index contributed by atoms with van der Waals surface area (Å²) in [4.78, 5) is 11.4. The van der Waals surface area contributed by atoms with Gasteiger partial charge in [0.15, 0.2) is 0 Å². The summed E-state index contributed by atoms with van der Waals surface area (Å²) < 4.78 is 0. The van der Waals surface area contributed by atoms with Gasteiger partial charge in [-0.05, 0) is 12.5 Å². The number of carbonyl (C=O) groups excluding carboxylic acids is 1. The molecule has 0 saturated carbocycles. The molecule has 1 amide bonds. The Hall–Kier alpha value is -1.64. The van der Waals surface area contributed by atoms with Crippen LogP contribution in [0, 0.1) is 0 Å². The van der Waals surface area contributed by atoms with Crippen molar-refractivity contribution in [2.75, 3.05) is 0 Å². The second-order valence-electron chi connectivity index (χ2n) is 3.83. The summed E-state index contributed by atoms with van der Waals surface area (Å²) in [7, 11) is 0. The molecule has 0 bridgehead atoms. The number of hydrazone groups is 1. The third kappa shape index (κ3) is 1.91. The van der Waals surface area contributed by atoms with Crippen LogP contribution in [0.25, 0.3) is 0 Å². The van der Waals surface area contributed by atoms with Gasteiger partial charge >= 0.3 is 0 Å². The number of amides is 1. The molecule has 0 radical (unpaired) electrons. The molecule has 78 valence electrons. The van der Waals surface area contributed by atoms with Gasteiger partial charge < -0.3 is 0 Å². The molecule has 0 saturated heterocycles. The van der Waals surface area contributed by atoms with Gasteiger partial charge in [-0.2, -0.15) is 5.10 Å². The lowest BCUT2D eigenvalue weighted by atomic mass is 10.0. The van der Waals surface area contributed by atoms with Crippen LogP contribution in [0.4, 0.5) is 0 Å². The predicted molar refractivity (Wildman–Crippen MR) is 59.4 cm³/mol. The van der Waals surface area contributed by atoms with Gasteiger partial charge in [0.05, 0.1) is 6.04 Å². The minimum Gasteiger partial charge on any atom is -0.273 e. The van der Waals surface area contributed by atoms with Crippen molar-refractivity contribution in [3.63, 3.8) is 0 Å². The molecule has 0 spiro atoms. The maximum Gasteiger partial charge on any atom is 0.240 e. The Morgan fingerprint density at radius 1 is 1.40 bits per heavy atom. The molecule has 0 N–H and O–H groups in total. The highest BCUT2D eigenvalue weighted by Gasteiger charge is 2.28. The number of rotatable bonds is 1. The van der Waals surface area contributed by atoms with Gasteiger partial charge in [-0.15, -0.1) is 0 Å². The fourth-order valence-electron chi connectivity index (χ4n) is 1.88. The van der Waals surface area contributed by atoms with Crippen LogP contribution in [-0.2, 0) is 4.79 Å². The topological polar surface area (TPSA) is 32.7 Å². The van der Waals surface area contributed by atoms with Crippen LogP contribution < -0.4 is 0 Å². The van der Waals surface area contributed by atoms with Gasteiger partial charge in [0.25, 0.3) is 0 Å². The number of benzene rings is 1. The summed E-state index contributed by atoms with van der Waals surface area (Å²) >= 11 is 0. The van der Waals surface area contributed by atoms with Crippen LogP contribution in [0.2, 0.25) is 0 Å². The maximum absolute atomic E-state index is 11.4. The molecule has 1 aromatic carbocycles. The Bertz CT molecular complexity index is 397. The van der Waals surface area contributed by atoms with Crippen LogP contribution in [0.5, 0.6) is 0 Å². The highest BCUT2D eigenvalue weighted by Crippen LogP contribution is 2.30. The zero-order chi connectivity index (χ0) is 10.8. The third-order valence-electron chi connectivity index (χ3n) is 2.57. The summed E-state index contributed by atoms with van der Waals surface area (Å²) in [6.45, 7) is 3.51. The lowest BCUT2D eigenvalue weighted by Gasteiger charge is -2.20. The molecular weight excluding hydrogens is 188 g/mol. The molecule has 1 heterocycles. The summed E-state index contributed by atoms with van der Waals surface area (Å²) in [5.41, 5.74) is 2.16. The number of hydrogen-bond acceptors (Lipinski definition) is 2. The highest BCUT2D eigenvalue weighted by molar-refractivity contribution is 5.87. The Morgan fingerprint density at radius 3 is 2.67 bits per heavy atom. The summed E-state index contributed by atoms with van der Waals surface area (Å²) in [5, 5.41) is 5.82. The summed E-state index contributed by atoms with van der Waals surface area (Å²) in [5.74, 6) is 0.000651. The zero-order valence-electron chi connectivity index (χ0n) is 8.97. The molecule has 2 rings (SSSR count). The molecular formula is C12H14N2O. The molecule has 1 atom stereocenters. The van der Waals surface area contributed by atoms with Crippen LogP contribution >= 0.6 is 0 Å². The van der Waals surface area contributed by atoms with E-state index < -0.39 is 0 Å². The zero-order valence-corrected chi connectivity index (χ0v) is 8.97. The maximum atomic E-state index is 11.4. The van der Waals surface area contributed by atoms with Crippen LogP contribution in [0.1, 0.15) is 31.9 Å². The van der Waals surface area contributed by atoms with Crippen molar-refractivity contribution in [3.8, 4) is 0 Å². The second kappa shape index (κ2) is 3.85. The number of hydrogen-bond donors (Lipinski definition) is 0. The van der Waals surface area contributed by atoms with Crippen LogP contribution in [0.15, 0.2) is 35.4 Å². The van der Waals surface area contributed by atoms with Crippen molar-refractivity contribution < 1.29 is 4.79 Å². The first-order chi connectivity index (χ1) is 7.18. The first-order valence-electron chi connectivity index (χ1n) is 5.07. The molecule has 0 aromatic heterocycles. The molecule has 0 aliphatic carbocycles. The van der Waals surface area contributed by atoms with Crippen molar-refractivity contribution in [1.29, 1.82) is 0 Å². The monoisotopic (exact) mass is 202 g/mol. The van der Waals surface area contributed by atoms with Gasteiger partial charge in [0.1, 0.15) is 0 Å². The molecule has 1 aliphatic rings. The quantitative estimate of drug-likeness (QED) is 0.688. The van der Waals surface area contributed by atoms with E-state index in [2.05, 4.69) is 5.10 Å². The fraction of sp³-hybridized carbons (Fsp3) is 0.333. The van der Waals surface area contributed by atoms with Crippen molar-refractivity contribution in [2.24, 2.45) is 5.10 Å². The van der Waals surface area contributed by atoms with E-state index in [0.29, 0.717) is 0 Å². The minimum absolute atomic E-state index is 0.000651. The fourth-order valence-corrected chi connectivity index (χ4v) is 1.88. The molecule has 0 fully saturated rings. The highest BCUT2D eigenvalue weighted by atomic mass is 16.2. The van der Waals surface area contributed by atoms with E-state index in [9.17, 15) is 4.79 Å². The first kappa shape index (κ1) is 9.90. The largest absolute Gasteiger partial charge is 0.273 e. The number of carbonyl (C=O) groups is 1. The van der Waals surface area contributed by atoms with Gasteiger partial charge in [-0.1, -0.05) is 30.3 Å². The van der Waals surface area contributed by atoms with E-state index in [1.54, 1.807) is 11.9 Å². The van der Waals surface area contributed by atoms with E-state index in [1.807, 2.05) is 37.3 Å². The van der Waals surface area contributed by atoms with E-state index >= 15 is 0 Å². The average Bonchev–Trinajstić information content (AvgIpc) is 2.62. The molecule has 15 heavy (non-hydrogen) atoms. The first-order valence-corrected chi connectivity index (χ1v) is 5.07. The van der Waals surface area contributed by atoms with E-state index in [0.717, 1.165) is 17.7 Å². The Kier molecular flexibility index (Phi) is 2.54. The lowest BCUT2D eigenvalue weighted by molar-refractivity contribution is -0.130. The van der Waals surface area contributed by atoms with Crippen molar-refractivity contribution in [1.82, 2.24) is 5.01 Å². The molecule has 0 unspecified atom stereocenters. The van der Waals surface area contributed by atoms with Gasteiger partial charge in [0, 0.05) is 19.1 Å². The Morgan fingerprint density at radius 2 is 2.07 bits per heavy atom. The SMILES string of the molecule is CC(=O)N1N=C(C)C[C@H]1c1ccccc1. The molecule has 1 aromatic rings. The van der Waals surface area contributed by atoms with E-state index in [1.165, 1.54) is 0 Å². The van der Waals surface area contributed by atoms with Gasteiger partial charge in [-0.3, -0.25) is 4.79 Å². The predicted octanol–water partition coefficient (Wildman–Crippen LogP) is 2.36. The third-order valence-corrected chi connectivity index (χ3v) is 2.57. The number of nitrogens with zero attached hydrogens (tertiary/aromatic N) is 2. The van der Waals surface area contributed by atoms with E-state index in [-0.39, 0.29) is 11.9 Å². The molecule has 1 aliphatic heterocycles. The van der Waals surface area contributed by atoms with Gasteiger partial charge in [0.2, 0.25) is 5.91 Å². The van der Waals surface area contributed by atoms with Gasteiger partial charge in [-0.25, -0.2) is 5.01 Å². The van der Waals surface area contributed by atoms with E-state index in [4.69, 9.17) is 0 Å². The summed E-state index contributed by atoms with van der Waals surface area (Å²) in [6.07, 6.45) is 0.837. The molecule has 3 heteroatoms. The Balaban J connectivity index is 2.28. The molecule has 3 nitrogen and oxygen atoms in total. The van der Waals surface area contributed by atoms with Crippen LogP contribution in [-0.4, -0.2) is 16.6 Å². The van der Waals surface area contributed by atoms with Crippen molar-refractivity contribution in [2.45, 2.75) is 26.3 Å².